The minimum Gasteiger partial charge on any atom is -0.507 e. The van der Waals surface area contributed by atoms with Gasteiger partial charge in [-0.05, 0) is 18.2 Å². The number of benzene rings is 2. The summed E-state index contributed by atoms with van der Waals surface area (Å²) in [4.78, 5) is 13.3. The third-order valence-electron chi connectivity index (χ3n) is 5.38. The Morgan fingerprint density at radius 1 is 0.853 bits per heavy atom. The predicted molar refractivity (Wildman–Crippen MR) is 111 cm³/mol. The average molecular weight is 480 g/mol. The summed E-state index contributed by atoms with van der Waals surface area (Å²) in [5.74, 6) is -4.86. The molecule has 1 aliphatic rings. The number of fused-ring (bicyclic) bond motifs is 1. The molecule has 1 fully saturated rings. The van der Waals surface area contributed by atoms with E-state index in [4.69, 9.17) is 13.9 Å². The number of aromatic hydroxyl groups is 5. The summed E-state index contributed by atoms with van der Waals surface area (Å²) >= 11 is 0. The highest BCUT2D eigenvalue weighted by atomic mass is 16.7. The maximum atomic E-state index is 13.3. The predicted octanol–water partition coefficient (Wildman–Crippen LogP) is -0.833. The molecule has 0 amide bonds. The summed E-state index contributed by atoms with van der Waals surface area (Å²) in [6.07, 6.45) is -8.64. The van der Waals surface area contributed by atoms with Crippen LogP contribution in [0.1, 0.15) is 0 Å². The summed E-state index contributed by atoms with van der Waals surface area (Å²) in [5, 5.41) is 88.7. The van der Waals surface area contributed by atoms with Crippen LogP contribution in [0.2, 0.25) is 0 Å². The van der Waals surface area contributed by atoms with E-state index >= 15 is 0 Å². The van der Waals surface area contributed by atoms with E-state index in [1.54, 1.807) is 0 Å². The molecule has 0 bridgehead atoms. The van der Waals surface area contributed by atoms with Gasteiger partial charge in [-0.1, -0.05) is 0 Å². The number of rotatable bonds is 4. The van der Waals surface area contributed by atoms with Gasteiger partial charge in [-0.15, -0.1) is 0 Å². The van der Waals surface area contributed by atoms with Gasteiger partial charge >= 0.3 is 0 Å². The highest BCUT2D eigenvalue weighted by molar-refractivity contribution is 5.93. The van der Waals surface area contributed by atoms with Crippen molar-refractivity contribution in [2.24, 2.45) is 0 Å². The van der Waals surface area contributed by atoms with Crippen LogP contribution in [0.15, 0.2) is 33.5 Å². The molecular weight excluding hydrogens is 460 g/mol. The lowest BCUT2D eigenvalue weighted by Gasteiger charge is -2.39. The molecule has 13 heteroatoms. The maximum absolute atomic E-state index is 13.3. The molecule has 1 saturated heterocycles. The highest BCUT2D eigenvalue weighted by Crippen LogP contribution is 2.43. The summed E-state index contributed by atoms with van der Waals surface area (Å²) in [5.41, 5.74) is -1.85. The molecule has 182 valence electrons. The minimum atomic E-state index is -1.91. The van der Waals surface area contributed by atoms with Gasteiger partial charge in [0.15, 0.2) is 28.6 Å². The van der Waals surface area contributed by atoms with Crippen molar-refractivity contribution in [3.05, 3.63) is 34.5 Å². The van der Waals surface area contributed by atoms with E-state index in [1.807, 2.05) is 0 Å². The Balaban J connectivity index is 1.95. The van der Waals surface area contributed by atoms with Crippen LogP contribution in [0.5, 0.6) is 34.5 Å². The second kappa shape index (κ2) is 8.55. The van der Waals surface area contributed by atoms with E-state index < -0.39 is 94.0 Å². The number of aliphatic hydroxyl groups is 4. The maximum Gasteiger partial charge on any atom is 0.239 e. The Morgan fingerprint density at radius 3 is 2.21 bits per heavy atom. The Kier molecular flexibility index (Phi) is 5.89. The van der Waals surface area contributed by atoms with E-state index in [9.17, 15) is 50.8 Å². The first-order chi connectivity index (χ1) is 16.0. The van der Waals surface area contributed by atoms with Crippen LogP contribution in [0.4, 0.5) is 0 Å². The lowest BCUT2D eigenvalue weighted by molar-refractivity contribution is -0.277. The smallest absolute Gasteiger partial charge is 0.239 e. The van der Waals surface area contributed by atoms with Crippen LogP contribution in [0.3, 0.4) is 0 Å². The summed E-state index contributed by atoms with van der Waals surface area (Å²) in [6.45, 7) is -0.774. The van der Waals surface area contributed by atoms with Gasteiger partial charge in [-0.25, -0.2) is 0 Å². The largest absolute Gasteiger partial charge is 0.507 e. The first-order valence-corrected chi connectivity index (χ1v) is 9.79. The van der Waals surface area contributed by atoms with Gasteiger partial charge in [0.2, 0.25) is 23.2 Å². The molecule has 9 N–H and O–H groups in total. The summed E-state index contributed by atoms with van der Waals surface area (Å²) < 4.78 is 16.3. The Bertz CT molecular complexity index is 1300. The van der Waals surface area contributed by atoms with E-state index in [1.165, 1.54) is 6.07 Å². The van der Waals surface area contributed by atoms with Crippen molar-refractivity contribution < 1.29 is 59.8 Å². The molecule has 3 aromatic rings. The number of phenols is 5. The van der Waals surface area contributed by atoms with Crippen molar-refractivity contribution in [3.8, 4) is 45.8 Å². The average Bonchev–Trinajstić information content (AvgIpc) is 2.80. The normalized spacial score (nSPS) is 24.9. The van der Waals surface area contributed by atoms with Crippen LogP contribution in [0, 0.1) is 0 Å². The first kappa shape index (κ1) is 23.4. The van der Waals surface area contributed by atoms with Gasteiger partial charge in [-0.2, -0.15) is 0 Å². The number of phenolic OH excluding ortho intramolecular Hbond substituents is 5. The van der Waals surface area contributed by atoms with E-state index in [-0.39, 0.29) is 5.56 Å². The number of ether oxygens (including phenoxy) is 2. The molecule has 34 heavy (non-hydrogen) atoms. The van der Waals surface area contributed by atoms with Crippen LogP contribution in [-0.2, 0) is 4.74 Å². The van der Waals surface area contributed by atoms with Crippen molar-refractivity contribution >= 4 is 11.0 Å². The highest BCUT2D eigenvalue weighted by Gasteiger charge is 2.45. The fourth-order valence-corrected chi connectivity index (χ4v) is 3.55. The molecule has 0 aliphatic carbocycles. The molecule has 1 aromatic heterocycles. The zero-order valence-electron chi connectivity index (χ0n) is 17.1. The first-order valence-electron chi connectivity index (χ1n) is 9.79. The van der Waals surface area contributed by atoms with Gasteiger partial charge < -0.3 is 59.8 Å². The van der Waals surface area contributed by atoms with Crippen LogP contribution >= 0.6 is 0 Å². The molecule has 0 saturated carbocycles. The fraction of sp³-hybridized carbons (Fsp3) is 0.286. The fourth-order valence-electron chi connectivity index (χ4n) is 3.55. The molecular formula is C21H20O13. The Morgan fingerprint density at radius 2 is 1.56 bits per heavy atom. The van der Waals surface area contributed by atoms with Crippen molar-refractivity contribution in [2.45, 2.75) is 30.7 Å². The lowest BCUT2D eigenvalue weighted by atomic mass is 9.99. The number of hydrogen-bond donors (Lipinski definition) is 9. The van der Waals surface area contributed by atoms with Gasteiger partial charge in [0.1, 0.15) is 35.6 Å². The summed E-state index contributed by atoms with van der Waals surface area (Å²) in [7, 11) is 0. The molecule has 2 aromatic carbocycles. The zero-order valence-corrected chi connectivity index (χ0v) is 17.1. The van der Waals surface area contributed by atoms with E-state index in [2.05, 4.69) is 0 Å². The van der Waals surface area contributed by atoms with Gasteiger partial charge in [0.25, 0.3) is 0 Å². The lowest BCUT2D eigenvalue weighted by Crippen LogP contribution is -2.60. The van der Waals surface area contributed by atoms with Crippen molar-refractivity contribution in [1.82, 2.24) is 0 Å². The molecule has 4 rings (SSSR count). The van der Waals surface area contributed by atoms with E-state index in [0.717, 1.165) is 12.1 Å². The topological polar surface area (TPSA) is 231 Å². The van der Waals surface area contributed by atoms with Gasteiger partial charge in [-0.3, -0.25) is 4.79 Å². The third-order valence-corrected chi connectivity index (χ3v) is 5.38. The molecule has 5 unspecified atom stereocenters. The Labute approximate surface area is 189 Å². The van der Waals surface area contributed by atoms with Crippen LogP contribution < -0.4 is 10.2 Å². The van der Waals surface area contributed by atoms with Crippen molar-refractivity contribution in [2.75, 3.05) is 6.61 Å². The third kappa shape index (κ3) is 3.70. The van der Waals surface area contributed by atoms with Crippen molar-refractivity contribution in [3.63, 3.8) is 0 Å². The summed E-state index contributed by atoms with van der Waals surface area (Å²) in [6, 6.07) is 3.89. The number of aliphatic hydroxyl groups excluding tert-OH is 4. The van der Waals surface area contributed by atoms with Crippen LogP contribution in [0.25, 0.3) is 22.3 Å². The molecule has 0 spiro atoms. The second-order valence-electron chi connectivity index (χ2n) is 7.58. The van der Waals surface area contributed by atoms with E-state index in [0.29, 0.717) is 6.07 Å². The SMILES string of the molecule is O=c1c(OC2OC(CO)C(O)C(O)C2O)c(-c2ccc(O)c(O)c2)oc2c(O)c(O)cc(O)c12. The minimum absolute atomic E-state index is 0.0869. The molecule has 0 radical (unpaired) electrons. The van der Waals surface area contributed by atoms with Crippen LogP contribution in [-0.4, -0.2) is 83.3 Å². The number of hydrogen-bond acceptors (Lipinski definition) is 13. The monoisotopic (exact) mass is 480 g/mol. The van der Waals surface area contributed by atoms with Gasteiger partial charge in [0, 0.05) is 11.6 Å². The molecule has 1 aliphatic heterocycles. The molecule has 13 nitrogen and oxygen atoms in total. The zero-order chi connectivity index (χ0) is 24.9. The second-order valence-corrected chi connectivity index (χ2v) is 7.58. The molecule has 5 atom stereocenters. The quantitative estimate of drug-likeness (QED) is 0.164. The molecule has 2 heterocycles. The van der Waals surface area contributed by atoms with Gasteiger partial charge in [0.05, 0.1) is 6.61 Å². The van der Waals surface area contributed by atoms with Crippen molar-refractivity contribution in [1.29, 1.82) is 0 Å². The standard InChI is InChI=1S/C21H20O13/c22-5-11-14(28)16(30)17(31)21(32-11)34-20-15(29)12-9(25)4-10(26)13(27)19(12)33-18(20)6-1-2-7(23)8(24)3-6/h1-4,11,14,16-17,21-28,30-31H,5H2. The Hall–Kier alpha value is -3.75.